The number of rotatable bonds is 3. The standard InChI is InChI=1S/C17H14ClN5OS/c1-10-11-9-14(16(24)19-15-7-8-22(2)21-15)25-17(11)23(20-10)13-6-4-3-5-12(13)18/h3-9H,1-2H3,(H,19,21,24). The molecule has 0 aliphatic carbocycles. The number of aromatic nitrogens is 4. The van der Waals surface area contributed by atoms with Gasteiger partial charge in [0.05, 0.1) is 21.3 Å². The Bertz CT molecular complexity index is 1090. The van der Waals surface area contributed by atoms with Crippen molar-refractivity contribution in [2.45, 2.75) is 6.92 Å². The molecule has 0 spiro atoms. The largest absolute Gasteiger partial charge is 0.304 e. The number of carbonyl (C=O) groups excluding carboxylic acids is 1. The number of nitrogens with zero attached hydrogens (tertiary/aromatic N) is 4. The van der Waals surface area contributed by atoms with Crippen LogP contribution in [0.15, 0.2) is 42.6 Å². The molecule has 6 nitrogen and oxygen atoms in total. The first kappa shape index (κ1) is 15.9. The number of fused-ring (bicyclic) bond motifs is 1. The molecule has 0 saturated heterocycles. The maximum atomic E-state index is 12.5. The quantitative estimate of drug-likeness (QED) is 0.591. The Morgan fingerprint density at radius 3 is 2.76 bits per heavy atom. The van der Waals surface area contributed by atoms with Crippen molar-refractivity contribution in [3.8, 4) is 5.69 Å². The van der Waals surface area contributed by atoms with Crippen LogP contribution in [0.4, 0.5) is 5.82 Å². The lowest BCUT2D eigenvalue weighted by molar-refractivity contribution is 0.103. The zero-order valence-electron chi connectivity index (χ0n) is 13.5. The Balaban J connectivity index is 1.74. The maximum Gasteiger partial charge on any atom is 0.267 e. The van der Waals surface area contributed by atoms with E-state index in [0.29, 0.717) is 15.7 Å². The van der Waals surface area contributed by atoms with E-state index in [2.05, 4.69) is 15.5 Å². The van der Waals surface area contributed by atoms with Gasteiger partial charge in [-0.05, 0) is 25.1 Å². The molecule has 3 aromatic heterocycles. The van der Waals surface area contributed by atoms with Crippen LogP contribution >= 0.6 is 22.9 Å². The molecule has 126 valence electrons. The molecule has 4 rings (SSSR count). The first-order valence-electron chi connectivity index (χ1n) is 7.58. The van der Waals surface area contributed by atoms with Crippen molar-refractivity contribution in [1.29, 1.82) is 0 Å². The van der Waals surface area contributed by atoms with Crippen LogP contribution in [0.5, 0.6) is 0 Å². The number of carbonyl (C=O) groups is 1. The number of amides is 1. The highest BCUT2D eigenvalue weighted by atomic mass is 35.5. The van der Waals surface area contributed by atoms with Gasteiger partial charge in [0.25, 0.3) is 5.91 Å². The second kappa shape index (κ2) is 6.02. The average Bonchev–Trinajstić information content (AvgIpc) is 3.26. The summed E-state index contributed by atoms with van der Waals surface area (Å²) in [7, 11) is 1.80. The van der Waals surface area contributed by atoms with Gasteiger partial charge in [-0.25, -0.2) is 4.68 Å². The van der Waals surface area contributed by atoms with Crippen molar-refractivity contribution in [1.82, 2.24) is 19.6 Å². The predicted octanol–water partition coefficient (Wildman–Crippen LogP) is 4.03. The fourth-order valence-corrected chi connectivity index (χ4v) is 3.89. The number of aryl methyl sites for hydroxylation is 2. The molecule has 0 fully saturated rings. The van der Waals surface area contributed by atoms with Crippen LogP contribution in [0.2, 0.25) is 5.02 Å². The van der Waals surface area contributed by atoms with Gasteiger partial charge in [-0.15, -0.1) is 11.3 Å². The summed E-state index contributed by atoms with van der Waals surface area (Å²) in [6.45, 7) is 1.92. The lowest BCUT2D eigenvalue weighted by Gasteiger charge is -2.04. The second-order valence-corrected chi connectivity index (χ2v) is 7.04. The number of nitrogens with one attached hydrogen (secondary N) is 1. The van der Waals surface area contributed by atoms with E-state index in [4.69, 9.17) is 11.6 Å². The van der Waals surface area contributed by atoms with Crippen LogP contribution < -0.4 is 5.32 Å². The molecule has 0 saturated carbocycles. The van der Waals surface area contributed by atoms with Crippen LogP contribution in [0.3, 0.4) is 0 Å². The van der Waals surface area contributed by atoms with Crippen molar-refractivity contribution < 1.29 is 4.79 Å². The highest BCUT2D eigenvalue weighted by Gasteiger charge is 2.18. The van der Waals surface area contributed by atoms with Gasteiger partial charge >= 0.3 is 0 Å². The number of halogens is 1. The minimum Gasteiger partial charge on any atom is -0.304 e. The summed E-state index contributed by atoms with van der Waals surface area (Å²) in [5.41, 5.74) is 1.64. The summed E-state index contributed by atoms with van der Waals surface area (Å²) >= 11 is 7.68. The topological polar surface area (TPSA) is 64.7 Å². The molecule has 3 heterocycles. The molecule has 0 aliphatic heterocycles. The normalized spacial score (nSPS) is 11.2. The number of hydrogen-bond donors (Lipinski definition) is 1. The van der Waals surface area contributed by atoms with Crippen molar-refractivity contribution >= 4 is 44.9 Å². The Morgan fingerprint density at radius 2 is 2.04 bits per heavy atom. The number of thiophene rings is 1. The molecule has 8 heteroatoms. The zero-order valence-corrected chi connectivity index (χ0v) is 15.1. The Morgan fingerprint density at radius 1 is 1.24 bits per heavy atom. The smallest absolute Gasteiger partial charge is 0.267 e. The lowest BCUT2D eigenvalue weighted by Crippen LogP contribution is -2.10. The molecule has 1 N–H and O–H groups in total. The van der Waals surface area contributed by atoms with Gasteiger partial charge in [0.2, 0.25) is 0 Å². The second-order valence-electron chi connectivity index (χ2n) is 5.61. The van der Waals surface area contributed by atoms with E-state index in [1.54, 1.807) is 28.7 Å². The van der Waals surface area contributed by atoms with E-state index >= 15 is 0 Å². The van der Waals surface area contributed by atoms with Crippen LogP contribution in [-0.2, 0) is 7.05 Å². The zero-order chi connectivity index (χ0) is 17.6. The van der Waals surface area contributed by atoms with Gasteiger partial charge in [0.1, 0.15) is 4.83 Å². The SMILES string of the molecule is Cc1nn(-c2ccccc2Cl)c2sc(C(=O)Nc3ccn(C)n3)cc12. The highest BCUT2D eigenvalue weighted by Crippen LogP contribution is 2.32. The molecule has 0 aliphatic rings. The van der Waals surface area contributed by atoms with Crippen molar-refractivity contribution in [2.75, 3.05) is 5.32 Å². The summed E-state index contributed by atoms with van der Waals surface area (Å²) in [5, 5.41) is 13.1. The van der Waals surface area contributed by atoms with Crippen LogP contribution in [0, 0.1) is 6.92 Å². The first-order chi connectivity index (χ1) is 12.0. The summed E-state index contributed by atoms with van der Waals surface area (Å²) in [4.78, 5) is 14.0. The van der Waals surface area contributed by atoms with Crippen molar-refractivity contribution in [3.05, 3.63) is 58.2 Å². The van der Waals surface area contributed by atoms with Crippen molar-refractivity contribution in [2.24, 2.45) is 7.05 Å². The Labute approximate surface area is 152 Å². The highest BCUT2D eigenvalue weighted by molar-refractivity contribution is 7.20. The van der Waals surface area contributed by atoms with Gasteiger partial charge in [-0.2, -0.15) is 10.2 Å². The minimum absolute atomic E-state index is 0.190. The Hall–Kier alpha value is -2.64. The third-order valence-electron chi connectivity index (χ3n) is 3.80. The Kier molecular flexibility index (Phi) is 3.82. The molecule has 1 aromatic carbocycles. The first-order valence-corrected chi connectivity index (χ1v) is 8.77. The average molecular weight is 372 g/mol. The summed E-state index contributed by atoms with van der Waals surface area (Å²) < 4.78 is 3.43. The third-order valence-corrected chi connectivity index (χ3v) is 5.23. The lowest BCUT2D eigenvalue weighted by atomic mass is 10.3. The van der Waals surface area contributed by atoms with Crippen LogP contribution in [0.1, 0.15) is 15.4 Å². The molecule has 0 bridgehead atoms. The molecule has 0 unspecified atom stereocenters. The summed E-state index contributed by atoms with van der Waals surface area (Å²) in [6, 6.07) is 11.1. The monoisotopic (exact) mass is 371 g/mol. The van der Waals surface area contributed by atoms with Crippen LogP contribution in [-0.4, -0.2) is 25.5 Å². The fraction of sp³-hybridized carbons (Fsp3) is 0.118. The molecule has 0 atom stereocenters. The van der Waals surface area contributed by atoms with Gasteiger partial charge in [0.15, 0.2) is 5.82 Å². The number of anilines is 1. The third kappa shape index (κ3) is 2.81. The fourth-order valence-electron chi connectivity index (χ4n) is 2.61. The number of hydrogen-bond acceptors (Lipinski definition) is 4. The van der Waals surface area contributed by atoms with Gasteiger partial charge in [0, 0.05) is 24.7 Å². The number of benzene rings is 1. The van der Waals surface area contributed by atoms with E-state index < -0.39 is 0 Å². The molecule has 1 amide bonds. The van der Waals surface area contributed by atoms with Gasteiger partial charge in [-0.1, -0.05) is 23.7 Å². The van der Waals surface area contributed by atoms with Crippen LogP contribution in [0.25, 0.3) is 15.9 Å². The van der Waals surface area contributed by atoms with Gasteiger partial charge < -0.3 is 5.32 Å². The van der Waals surface area contributed by atoms with E-state index in [1.807, 2.05) is 37.3 Å². The molecule has 25 heavy (non-hydrogen) atoms. The molecular formula is C17H14ClN5OS. The maximum absolute atomic E-state index is 12.5. The summed E-state index contributed by atoms with van der Waals surface area (Å²) in [6.07, 6.45) is 1.78. The predicted molar refractivity (Wildman–Crippen MR) is 99.9 cm³/mol. The van der Waals surface area contributed by atoms with Crippen molar-refractivity contribution in [3.63, 3.8) is 0 Å². The van der Waals surface area contributed by atoms with Gasteiger partial charge in [-0.3, -0.25) is 9.48 Å². The molecule has 4 aromatic rings. The number of para-hydroxylation sites is 1. The molecule has 0 radical (unpaired) electrons. The minimum atomic E-state index is -0.190. The van der Waals surface area contributed by atoms with E-state index in [-0.39, 0.29) is 5.91 Å². The molecular weight excluding hydrogens is 358 g/mol. The summed E-state index contributed by atoms with van der Waals surface area (Å²) in [5.74, 6) is 0.333. The van der Waals surface area contributed by atoms with E-state index in [1.165, 1.54) is 11.3 Å². The van der Waals surface area contributed by atoms with E-state index in [0.717, 1.165) is 21.6 Å². The van der Waals surface area contributed by atoms with E-state index in [9.17, 15) is 4.79 Å².